The largest absolute Gasteiger partial charge is 0.389 e. The lowest BCUT2D eigenvalue weighted by molar-refractivity contribution is 0.227. The zero-order valence-corrected chi connectivity index (χ0v) is 6.38. The van der Waals surface area contributed by atoms with Gasteiger partial charge in [-0.3, -0.25) is 0 Å². The maximum Gasteiger partial charge on any atom is 0.0758 e. The third-order valence-electron chi connectivity index (χ3n) is 1.01. The van der Waals surface area contributed by atoms with Crippen LogP contribution in [0.1, 0.15) is 13.3 Å². The molecular weight excluding hydrogens is 124 g/mol. The van der Waals surface area contributed by atoms with E-state index >= 15 is 0 Å². The highest BCUT2D eigenvalue weighted by atomic mass is 16.3. The number of aliphatic hydroxyl groups is 1. The quantitative estimate of drug-likeness (QED) is 0.465. The van der Waals surface area contributed by atoms with Crippen LogP contribution in [0, 0.1) is 0 Å². The normalized spacial score (nSPS) is 13.4. The smallest absolute Gasteiger partial charge is 0.0758 e. The summed E-state index contributed by atoms with van der Waals surface area (Å²) in [6.07, 6.45) is 5.39. The molecule has 0 aromatic carbocycles. The molecule has 0 heterocycles. The van der Waals surface area contributed by atoms with Crippen molar-refractivity contribution >= 4 is 0 Å². The Morgan fingerprint density at radius 3 is 2.70 bits per heavy atom. The Bertz CT molecular complexity index is 145. The summed E-state index contributed by atoms with van der Waals surface area (Å²) in [6.45, 7) is 9.06. The van der Waals surface area contributed by atoms with Gasteiger partial charge in [0, 0.05) is 0 Å². The van der Waals surface area contributed by atoms with Gasteiger partial charge in [0.1, 0.15) is 0 Å². The SMILES string of the molecule is C=CCC(O)/C=C/C(=C)C. The summed E-state index contributed by atoms with van der Waals surface area (Å²) in [5, 5.41) is 9.10. The van der Waals surface area contributed by atoms with Gasteiger partial charge < -0.3 is 5.11 Å². The Morgan fingerprint density at radius 2 is 2.30 bits per heavy atom. The Kier molecular flexibility index (Phi) is 4.59. The van der Waals surface area contributed by atoms with E-state index in [2.05, 4.69) is 13.2 Å². The van der Waals surface area contributed by atoms with E-state index in [-0.39, 0.29) is 0 Å². The van der Waals surface area contributed by atoms with Crippen LogP contribution < -0.4 is 0 Å². The third-order valence-corrected chi connectivity index (χ3v) is 1.01. The zero-order valence-electron chi connectivity index (χ0n) is 6.38. The number of hydrogen-bond acceptors (Lipinski definition) is 1. The first kappa shape index (κ1) is 9.18. The second-order valence-electron chi connectivity index (χ2n) is 2.30. The highest BCUT2D eigenvalue weighted by Crippen LogP contribution is 1.97. The van der Waals surface area contributed by atoms with Gasteiger partial charge in [0.2, 0.25) is 0 Å². The van der Waals surface area contributed by atoms with E-state index in [0.29, 0.717) is 6.42 Å². The van der Waals surface area contributed by atoms with Crippen molar-refractivity contribution in [2.75, 3.05) is 0 Å². The molecule has 0 rings (SSSR count). The lowest BCUT2D eigenvalue weighted by atomic mass is 10.2. The molecule has 0 aromatic heterocycles. The average molecular weight is 138 g/mol. The summed E-state index contributed by atoms with van der Waals surface area (Å²) in [7, 11) is 0. The zero-order chi connectivity index (χ0) is 7.98. The van der Waals surface area contributed by atoms with E-state index in [1.165, 1.54) is 0 Å². The molecule has 0 amide bonds. The molecule has 0 aliphatic rings. The molecule has 1 N–H and O–H groups in total. The average Bonchev–Trinajstić information content (AvgIpc) is 1.85. The van der Waals surface area contributed by atoms with Crippen molar-refractivity contribution in [3.63, 3.8) is 0 Å². The molecule has 0 bridgehead atoms. The Labute approximate surface area is 62.4 Å². The highest BCUT2D eigenvalue weighted by Gasteiger charge is 1.91. The maximum absolute atomic E-state index is 9.10. The number of hydrogen-bond donors (Lipinski definition) is 1. The van der Waals surface area contributed by atoms with Gasteiger partial charge in [-0.05, 0) is 13.3 Å². The highest BCUT2D eigenvalue weighted by molar-refractivity contribution is 5.12. The van der Waals surface area contributed by atoms with Gasteiger partial charge >= 0.3 is 0 Å². The maximum atomic E-state index is 9.10. The van der Waals surface area contributed by atoms with E-state index in [4.69, 9.17) is 5.11 Å². The summed E-state index contributed by atoms with van der Waals surface area (Å²) in [5.74, 6) is 0. The van der Waals surface area contributed by atoms with Gasteiger partial charge in [-0.15, -0.1) is 6.58 Å². The van der Waals surface area contributed by atoms with Crippen molar-refractivity contribution < 1.29 is 5.11 Å². The van der Waals surface area contributed by atoms with Gasteiger partial charge in [-0.2, -0.15) is 0 Å². The standard InChI is InChI=1S/C9H14O/c1-4-5-9(10)7-6-8(2)3/h4,6-7,9-10H,1-2,5H2,3H3/b7-6+. The summed E-state index contributed by atoms with van der Waals surface area (Å²) in [4.78, 5) is 0. The van der Waals surface area contributed by atoms with Crippen LogP contribution in [0.25, 0.3) is 0 Å². The minimum absolute atomic E-state index is 0.408. The number of allylic oxidation sites excluding steroid dienone is 2. The summed E-state index contributed by atoms with van der Waals surface area (Å²) < 4.78 is 0. The van der Waals surface area contributed by atoms with Gasteiger partial charge in [-0.25, -0.2) is 0 Å². The van der Waals surface area contributed by atoms with Crippen LogP contribution in [0.4, 0.5) is 0 Å². The monoisotopic (exact) mass is 138 g/mol. The van der Waals surface area contributed by atoms with Gasteiger partial charge in [0.05, 0.1) is 6.10 Å². The first-order valence-corrected chi connectivity index (χ1v) is 3.29. The van der Waals surface area contributed by atoms with Crippen molar-refractivity contribution in [1.82, 2.24) is 0 Å². The molecule has 1 atom stereocenters. The topological polar surface area (TPSA) is 20.2 Å². The van der Waals surface area contributed by atoms with Crippen LogP contribution in [-0.4, -0.2) is 11.2 Å². The van der Waals surface area contributed by atoms with Crippen molar-refractivity contribution in [2.45, 2.75) is 19.4 Å². The first-order valence-electron chi connectivity index (χ1n) is 3.29. The predicted molar refractivity (Wildman–Crippen MR) is 44.8 cm³/mol. The minimum Gasteiger partial charge on any atom is -0.389 e. The third kappa shape index (κ3) is 5.32. The van der Waals surface area contributed by atoms with Crippen molar-refractivity contribution in [3.8, 4) is 0 Å². The summed E-state index contributed by atoms with van der Waals surface area (Å²) in [5.41, 5.74) is 0.947. The van der Waals surface area contributed by atoms with Crippen LogP contribution in [0.3, 0.4) is 0 Å². The number of aliphatic hydroxyl groups excluding tert-OH is 1. The second-order valence-corrected chi connectivity index (χ2v) is 2.30. The van der Waals surface area contributed by atoms with Crippen molar-refractivity contribution in [2.24, 2.45) is 0 Å². The summed E-state index contributed by atoms with van der Waals surface area (Å²) in [6, 6.07) is 0. The van der Waals surface area contributed by atoms with Crippen LogP contribution >= 0.6 is 0 Å². The molecule has 0 spiro atoms. The van der Waals surface area contributed by atoms with Crippen molar-refractivity contribution in [1.29, 1.82) is 0 Å². The van der Waals surface area contributed by atoms with Crippen LogP contribution in [0.15, 0.2) is 37.0 Å². The van der Waals surface area contributed by atoms with Gasteiger partial charge in [-0.1, -0.05) is 30.4 Å². The van der Waals surface area contributed by atoms with Crippen LogP contribution in [0.5, 0.6) is 0 Å². The molecule has 56 valence electrons. The molecule has 0 fully saturated rings. The Morgan fingerprint density at radius 1 is 1.70 bits per heavy atom. The van der Waals surface area contributed by atoms with E-state index in [1.54, 1.807) is 18.2 Å². The lowest BCUT2D eigenvalue weighted by Gasteiger charge is -1.98. The Balaban J connectivity index is 3.65. The van der Waals surface area contributed by atoms with Crippen LogP contribution in [0.2, 0.25) is 0 Å². The summed E-state index contributed by atoms with van der Waals surface area (Å²) >= 11 is 0. The van der Waals surface area contributed by atoms with Crippen LogP contribution in [-0.2, 0) is 0 Å². The predicted octanol–water partition coefficient (Wildman–Crippen LogP) is 2.06. The fourth-order valence-electron chi connectivity index (χ4n) is 0.525. The molecule has 10 heavy (non-hydrogen) atoms. The minimum atomic E-state index is -0.408. The molecule has 1 heteroatoms. The molecule has 0 aliphatic heterocycles. The van der Waals surface area contributed by atoms with Gasteiger partial charge in [0.25, 0.3) is 0 Å². The fraction of sp³-hybridized carbons (Fsp3) is 0.333. The fourth-order valence-corrected chi connectivity index (χ4v) is 0.525. The molecule has 1 unspecified atom stereocenters. The van der Waals surface area contributed by atoms with Gasteiger partial charge in [0.15, 0.2) is 0 Å². The first-order chi connectivity index (χ1) is 4.66. The van der Waals surface area contributed by atoms with E-state index in [0.717, 1.165) is 5.57 Å². The number of rotatable bonds is 4. The van der Waals surface area contributed by atoms with E-state index in [9.17, 15) is 0 Å². The van der Waals surface area contributed by atoms with Crippen molar-refractivity contribution in [3.05, 3.63) is 37.0 Å². The van der Waals surface area contributed by atoms with E-state index < -0.39 is 6.10 Å². The Hall–Kier alpha value is -0.820. The molecule has 0 saturated heterocycles. The molecule has 0 saturated carbocycles. The van der Waals surface area contributed by atoms with E-state index in [1.807, 2.05) is 6.92 Å². The molecular formula is C9H14O. The second kappa shape index (κ2) is 5.00. The lowest BCUT2D eigenvalue weighted by Crippen LogP contribution is -1.98. The molecule has 0 radical (unpaired) electrons. The molecule has 0 aliphatic carbocycles. The molecule has 0 aromatic rings. The molecule has 1 nitrogen and oxygen atoms in total.